The number of hydrogen-bond donors (Lipinski definition) is 1. The maximum absolute atomic E-state index is 11.8. The minimum atomic E-state index is -0.216. The second-order valence-corrected chi connectivity index (χ2v) is 6.18. The van der Waals surface area contributed by atoms with Crippen molar-refractivity contribution in [2.75, 3.05) is 7.11 Å². The van der Waals surface area contributed by atoms with Crippen LogP contribution < -0.4 is 0 Å². The van der Waals surface area contributed by atoms with E-state index in [0.29, 0.717) is 12.8 Å². The molecule has 3 heteroatoms. The zero-order valence-electron chi connectivity index (χ0n) is 14.8. The van der Waals surface area contributed by atoms with Crippen molar-refractivity contribution in [1.82, 2.24) is 0 Å². The van der Waals surface area contributed by atoms with Gasteiger partial charge in [-0.05, 0) is 35.3 Å². The minimum absolute atomic E-state index is 0.142. The number of phenolic OH excluding ortho intramolecular Hbond substituents is 1. The molecule has 3 rings (SSSR count). The van der Waals surface area contributed by atoms with E-state index in [9.17, 15) is 9.90 Å². The number of carbonyl (C=O) groups is 1. The molecule has 0 aliphatic heterocycles. The SMILES string of the molecule is COC(=O)CCC(=C(c1ccccc1)c1ccc(O)cc1)C1C=CC=C1. The fraction of sp³-hybridized carbons (Fsp3) is 0.174. The molecule has 1 N–H and O–H groups in total. The number of allylic oxidation sites excluding steroid dienone is 5. The number of rotatable bonds is 6. The van der Waals surface area contributed by atoms with Crippen LogP contribution in [0.4, 0.5) is 0 Å². The number of esters is 1. The Bertz CT molecular complexity index is 831. The lowest BCUT2D eigenvalue weighted by Crippen LogP contribution is -2.07. The molecule has 2 aromatic rings. The Morgan fingerprint density at radius 3 is 2.15 bits per heavy atom. The molecule has 1 aliphatic carbocycles. The van der Waals surface area contributed by atoms with Crippen LogP contribution in [-0.4, -0.2) is 18.2 Å². The molecule has 0 amide bonds. The highest BCUT2D eigenvalue weighted by molar-refractivity contribution is 5.83. The maximum Gasteiger partial charge on any atom is 0.305 e. The lowest BCUT2D eigenvalue weighted by Gasteiger charge is -2.20. The van der Waals surface area contributed by atoms with Crippen LogP contribution in [0.3, 0.4) is 0 Å². The lowest BCUT2D eigenvalue weighted by molar-refractivity contribution is -0.140. The van der Waals surface area contributed by atoms with E-state index < -0.39 is 0 Å². The van der Waals surface area contributed by atoms with Crippen LogP contribution in [0, 0.1) is 5.92 Å². The average Bonchev–Trinajstić information content (AvgIpc) is 3.21. The highest BCUT2D eigenvalue weighted by Crippen LogP contribution is 2.36. The smallest absolute Gasteiger partial charge is 0.305 e. The van der Waals surface area contributed by atoms with Gasteiger partial charge in [0.2, 0.25) is 0 Å². The van der Waals surface area contributed by atoms with Gasteiger partial charge in [0.1, 0.15) is 5.75 Å². The van der Waals surface area contributed by atoms with Gasteiger partial charge in [-0.3, -0.25) is 4.79 Å². The third-order valence-electron chi connectivity index (χ3n) is 4.52. The number of methoxy groups -OCH3 is 1. The highest BCUT2D eigenvalue weighted by atomic mass is 16.5. The van der Waals surface area contributed by atoms with Gasteiger partial charge in [0, 0.05) is 12.3 Å². The fourth-order valence-corrected chi connectivity index (χ4v) is 3.23. The number of carbonyl (C=O) groups excluding carboxylic acids is 1. The van der Waals surface area contributed by atoms with Crippen molar-refractivity contribution in [1.29, 1.82) is 0 Å². The maximum atomic E-state index is 11.8. The first kappa shape index (κ1) is 17.7. The van der Waals surface area contributed by atoms with Gasteiger partial charge in [0.15, 0.2) is 0 Å². The summed E-state index contributed by atoms with van der Waals surface area (Å²) in [4.78, 5) is 11.8. The predicted octanol–water partition coefficient (Wildman–Crippen LogP) is 4.89. The van der Waals surface area contributed by atoms with E-state index in [-0.39, 0.29) is 17.6 Å². The topological polar surface area (TPSA) is 46.5 Å². The predicted molar refractivity (Wildman–Crippen MR) is 104 cm³/mol. The van der Waals surface area contributed by atoms with Crippen molar-refractivity contribution in [3.8, 4) is 5.75 Å². The second kappa shape index (κ2) is 8.34. The number of hydrogen-bond acceptors (Lipinski definition) is 3. The number of ether oxygens (including phenoxy) is 1. The summed E-state index contributed by atoms with van der Waals surface area (Å²) in [5.74, 6) is 0.160. The van der Waals surface area contributed by atoms with Crippen molar-refractivity contribution >= 4 is 11.5 Å². The average molecular weight is 346 g/mol. The van der Waals surface area contributed by atoms with E-state index in [0.717, 1.165) is 22.3 Å². The van der Waals surface area contributed by atoms with Crippen LogP contribution in [0.2, 0.25) is 0 Å². The third kappa shape index (κ3) is 4.12. The first-order valence-corrected chi connectivity index (χ1v) is 8.68. The lowest BCUT2D eigenvalue weighted by atomic mass is 9.84. The molecule has 0 unspecified atom stereocenters. The van der Waals surface area contributed by atoms with Crippen molar-refractivity contribution in [2.24, 2.45) is 5.92 Å². The summed E-state index contributed by atoms with van der Waals surface area (Å²) >= 11 is 0. The summed E-state index contributed by atoms with van der Waals surface area (Å²) in [5.41, 5.74) is 4.36. The molecule has 0 fully saturated rings. The summed E-state index contributed by atoms with van der Waals surface area (Å²) in [6.45, 7) is 0. The van der Waals surface area contributed by atoms with Crippen LogP contribution in [0.1, 0.15) is 24.0 Å². The summed E-state index contributed by atoms with van der Waals surface area (Å²) in [6, 6.07) is 17.4. The Balaban J connectivity index is 2.14. The van der Waals surface area contributed by atoms with Crippen molar-refractivity contribution < 1.29 is 14.6 Å². The largest absolute Gasteiger partial charge is 0.508 e. The molecule has 0 radical (unpaired) electrons. The second-order valence-electron chi connectivity index (χ2n) is 6.18. The van der Waals surface area contributed by atoms with E-state index in [1.165, 1.54) is 7.11 Å². The first-order chi connectivity index (χ1) is 12.7. The van der Waals surface area contributed by atoms with E-state index in [1.807, 2.05) is 42.5 Å². The van der Waals surface area contributed by atoms with Gasteiger partial charge in [-0.2, -0.15) is 0 Å². The Kier molecular flexibility index (Phi) is 5.69. The minimum Gasteiger partial charge on any atom is -0.508 e. The van der Waals surface area contributed by atoms with E-state index >= 15 is 0 Å². The van der Waals surface area contributed by atoms with Crippen molar-refractivity contribution in [3.05, 3.63) is 95.6 Å². The van der Waals surface area contributed by atoms with E-state index in [4.69, 9.17) is 4.74 Å². The Morgan fingerprint density at radius 2 is 1.54 bits per heavy atom. The molecule has 0 aromatic heterocycles. The molecule has 0 atom stereocenters. The normalized spacial score (nSPS) is 14.3. The Hall–Kier alpha value is -3.07. The molecule has 26 heavy (non-hydrogen) atoms. The van der Waals surface area contributed by atoms with Gasteiger partial charge in [-0.15, -0.1) is 0 Å². The summed E-state index contributed by atoms with van der Waals surface area (Å²) in [7, 11) is 1.42. The molecule has 0 bridgehead atoms. The summed E-state index contributed by atoms with van der Waals surface area (Å²) in [5, 5.41) is 9.67. The van der Waals surface area contributed by atoms with Gasteiger partial charge in [-0.25, -0.2) is 0 Å². The van der Waals surface area contributed by atoms with E-state index in [2.05, 4.69) is 24.3 Å². The van der Waals surface area contributed by atoms with Gasteiger partial charge in [-0.1, -0.05) is 72.3 Å². The zero-order valence-corrected chi connectivity index (χ0v) is 14.8. The Labute approximate surface area is 153 Å². The molecular weight excluding hydrogens is 324 g/mol. The first-order valence-electron chi connectivity index (χ1n) is 8.68. The Morgan fingerprint density at radius 1 is 0.923 bits per heavy atom. The van der Waals surface area contributed by atoms with Crippen LogP contribution in [0.25, 0.3) is 5.57 Å². The number of aromatic hydroxyl groups is 1. The molecule has 3 nitrogen and oxygen atoms in total. The van der Waals surface area contributed by atoms with Gasteiger partial charge in [0.25, 0.3) is 0 Å². The molecule has 1 aliphatic rings. The van der Waals surface area contributed by atoms with Crippen molar-refractivity contribution in [2.45, 2.75) is 12.8 Å². The summed E-state index contributed by atoms with van der Waals surface area (Å²) < 4.78 is 4.84. The molecule has 0 saturated carbocycles. The standard InChI is InChI=1S/C23H22O3/c1-26-22(25)16-15-21(17-7-5-6-8-17)23(18-9-3-2-4-10-18)19-11-13-20(24)14-12-19/h2-14,17,24H,15-16H2,1H3. The zero-order chi connectivity index (χ0) is 18.4. The molecule has 0 saturated heterocycles. The summed E-state index contributed by atoms with van der Waals surface area (Å²) in [6.07, 6.45) is 9.27. The highest BCUT2D eigenvalue weighted by Gasteiger charge is 2.19. The molecular formula is C23H22O3. The molecule has 0 heterocycles. The van der Waals surface area contributed by atoms with Crippen molar-refractivity contribution in [3.63, 3.8) is 0 Å². The van der Waals surface area contributed by atoms with Gasteiger partial charge < -0.3 is 9.84 Å². The molecule has 0 spiro atoms. The van der Waals surface area contributed by atoms with Gasteiger partial charge >= 0.3 is 5.97 Å². The number of benzene rings is 2. The van der Waals surface area contributed by atoms with Crippen LogP contribution in [0.15, 0.2) is 84.5 Å². The molecule has 132 valence electrons. The van der Waals surface area contributed by atoms with Gasteiger partial charge in [0.05, 0.1) is 7.11 Å². The number of phenols is 1. The quantitative estimate of drug-likeness (QED) is 0.758. The fourth-order valence-electron chi connectivity index (χ4n) is 3.23. The van der Waals surface area contributed by atoms with Crippen LogP contribution in [-0.2, 0) is 9.53 Å². The van der Waals surface area contributed by atoms with E-state index in [1.54, 1.807) is 12.1 Å². The van der Waals surface area contributed by atoms with Crippen LogP contribution in [0.5, 0.6) is 5.75 Å². The molecule has 2 aromatic carbocycles. The third-order valence-corrected chi connectivity index (χ3v) is 4.52. The monoisotopic (exact) mass is 346 g/mol. The van der Waals surface area contributed by atoms with Crippen LogP contribution >= 0.6 is 0 Å².